The van der Waals surface area contributed by atoms with Gasteiger partial charge in [-0.2, -0.15) is 22.5 Å². The molecule has 1 fully saturated rings. The van der Waals surface area contributed by atoms with Crippen molar-refractivity contribution in [2.75, 3.05) is 45.9 Å². The Morgan fingerprint density at radius 2 is 1.84 bits per heavy atom. The Labute approximate surface area is 259 Å². The number of alkyl halides is 3. The van der Waals surface area contributed by atoms with E-state index in [1.165, 1.54) is 20.2 Å². The lowest BCUT2D eigenvalue weighted by Gasteiger charge is -2.29. The van der Waals surface area contributed by atoms with Crippen LogP contribution < -0.4 is 20.1 Å². The number of fused-ring (bicyclic) bond motifs is 1. The number of nitrogens with one attached hydrogen (secondary N) is 2. The topological polar surface area (TPSA) is 126 Å². The van der Waals surface area contributed by atoms with E-state index < -0.39 is 39.8 Å². The summed E-state index contributed by atoms with van der Waals surface area (Å²) in [5, 5.41) is 5.89. The molecule has 3 aromatic rings. The van der Waals surface area contributed by atoms with Crippen molar-refractivity contribution in [3.63, 3.8) is 0 Å². The molecule has 2 aliphatic rings. The molecular formula is C30H35F3N6O5S. The SMILES string of the molecule is COc1ccc(C(=O)NC2CCN(C)CC2)cc1Nc1ncc(C(F)(F)F)c(O[C@@H]2Cc3ccccc3[C@@H]2N(C)S(C)(=O)=O)n1. The van der Waals surface area contributed by atoms with Crippen LogP contribution in [0, 0.1) is 0 Å². The van der Waals surface area contributed by atoms with Gasteiger partial charge in [-0.25, -0.2) is 13.4 Å². The normalized spacial score (nSPS) is 19.3. The molecule has 0 bridgehead atoms. The van der Waals surface area contributed by atoms with Crippen LogP contribution in [-0.2, 0) is 22.6 Å². The number of carbonyl (C=O) groups excluding carboxylic acids is 1. The lowest BCUT2D eigenvalue weighted by molar-refractivity contribution is -0.140. The number of anilines is 2. The molecule has 45 heavy (non-hydrogen) atoms. The smallest absolute Gasteiger partial charge is 0.423 e. The number of likely N-dealkylation sites (N-methyl/N-ethyl adjacent to an activating group) is 1. The molecule has 2 N–H and O–H groups in total. The summed E-state index contributed by atoms with van der Waals surface area (Å²) >= 11 is 0. The van der Waals surface area contributed by atoms with Crippen LogP contribution in [0.2, 0.25) is 0 Å². The van der Waals surface area contributed by atoms with Crippen molar-refractivity contribution in [1.29, 1.82) is 0 Å². The highest BCUT2D eigenvalue weighted by Crippen LogP contribution is 2.42. The van der Waals surface area contributed by atoms with E-state index in [1.54, 1.807) is 36.4 Å². The molecule has 2 heterocycles. The number of methoxy groups -OCH3 is 1. The molecule has 0 radical (unpaired) electrons. The van der Waals surface area contributed by atoms with Gasteiger partial charge in [-0.15, -0.1) is 0 Å². The largest absolute Gasteiger partial charge is 0.495 e. The van der Waals surface area contributed by atoms with E-state index in [4.69, 9.17) is 9.47 Å². The van der Waals surface area contributed by atoms with E-state index in [0.717, 1.165) is 42.1 Å². The van der Waals surface area contributed by atoms with Crippen LogP contribution in [0.4, 0.5) is 24.8 Å². The molecule has 5 rings (SSSR count). The number of ether oxygens (including phenoxy) is 2. The molecule has 242 valence electrons. The molecule has 15 heteroatoms. The summed E-state index contributed by atoms with van der Waals surface area (Å²) in [7, 11) is 1.06. The van der Waals surface area contributed by atoms with Gasteiger partial charge in [0.2, 0.25) is 21.9 Å². The number of amides is 1. The molecule has 1 saturated heterocycles. The zero-order chi connectivity index (χ0) is 32.5. The van der Waals surface area contributed by atoms with Crippen LogP contribution in [0.25, 0.3) is 0 Å². The average molecular weight is 649 g/mol. The zero-order valence-electron chi connectivity index (χ0n) is 25.3. The molecule has 11 nitrogen and oxygen atoms in total. The van der Waals surface area contributed by atoms with Crippen LogP contribution in [0.15, 0.2) is 48.7 Å². The second-order valence-corrected chi connectivity index (χ2v) is 13.3. The summed E-state index contributed by atoms with van der Waals surface area (Å²) < 4.78 is 79.7. The third-order valence-electron chi connectivity index (χ3n) is 8.15. The minimum atomic E-state index is -4.86. The monoisotopic (exact) mass is 648 g/mol. The molecule has 1 amide bonds. The highest BCUT2D eigenvalue weighted by molar-refractivity contribution is 7.88. The second kappa shape index (κ2) is 12.8. The molecular weight excluding hydrogens is 613 g/mol. The minimum Gasteiger partial charge on any atom is -0.495 e. The quantitative estimate of drug-likeness (QED) is 0.354. The summed E-state index contributed by atoms with van der Waals surface area (Å²) in [6.45, 7) is 1.74. The van der Waals surface area contributed by atoms with Crippen molar-refractivity contribution in [2.45, 2.75) is 43.6 Å². The number of aromatic nitrogens is 2. The van der Waals surface area contributed by atoms with Crippen molar-refractivity contribution < 1.29 is 35.9 Å². The van der Waals surface area contributed by atoms with Crippen LogP contribution in [0.5, 0.6) is 11.6 Å². The van der Waals surface area contributed by atoms with Crippen molar-refractivity contribution >= 4 is 27.6 Å². The lowest BCUT2D eigenvalue weighted by atomic mass is 10.0. The van der Waals surface area contributed by atoms with Crippen LogP contribution in [-0.4, -0.2) is 86.2 Å². The van der Waals surface area contributed by atoms with Gasteiger partial charge in [0.1, 0.15) is 17.4 Å². The number of rotatable bonds is 9. The second-order valence-electron chi connectivity index (χ2n) is 11.3. The van der Waals surface area contributed by atoms with Gasteiger partial charge in [-0.05, 0) is 62.3 Å². The number of carbonyl (C=O) groups is 1. The first-order valence-electron chi connectivity index (χ1n) is 14.3. The van der Waals surface area contributed by atoms with E-state index in [0.29, 0.717) is 23.1 Å². The molecule has 0 unspecified atom stereocenters. The molecule has 1 aliphatic heterocycles. The highest BCUT2D eigenvalue weighted by Gasteiger charge is 2.43. The third kappa shape index (κ3) is 7.31. The maximum atomic E-state index is 14.1. The summed E-state index contributed by atoms with van der Waals surface area (Å²) in [4.78, 5) is 23.2. The van der Waals surface area contributed by atoms with E-state index in [1.807, 2.05) is 7.05 Å². The lowest BCUT2D eigenvalue weighted by Crippen LogP contribution is -2.43. The van der Waals surface area contributed by atoms with Crippen molar-refractivity contribution in [3.8, 4) is 11.6 Å². The number of halogens is 3. The highest BCUT2D eigenvalue weighted by atomic mass is 32.2. The molecule has 1 aromatic heterocycles. The number of likely N-dealkylation sites (tertiary alicyclic amines) is 1. The fraction of sp³-hybridized carbons (Fsp3) is 0.433. The van der Waals surface area contributed by atoms with Gasteiger partial charge in [0.25, 0.3) is 5.91 Å². The predicted octanol–water partition coefficient (Wildman–Crippen LogP) is 4.01. The molecule has 2 atom stereocenters. The fourth-order valence-corrected chi connectivity index (χ4v) is 6.28. The Morgan fingerprint density at radius 3 is 2.51 bits per heavy atom. The van der Waals surface area contributed by atoms with Crippen molar-refractivity contribution in [3.05, 3.63) is 70.9 Å². The zero-order valence-corrected chi connectivity index (χ0v) is 26.1. The van der Waals surface area contributed by atoms with Gasteiger partial charge in [-0.1, -0.05) is 24.3 Å². The van der Waals surface area contributed by atoms with Crippen molar-refractivity contribution in [2.24, 2.45) is 0 Å². The van der Waals surface area contributed by atoms with Crippen LogP contribution >= 0.6 is 0 Å². The van der Waals surface area contributed by atoms with Gasteiger partial charge in [0, 0.05) is 31.3 Å². The van der Waals surface area contributed by atoms with Crippen molar-refractivity contribution in [1.82, 2.24) is 24.5 Å². The number of sulfonamides is 1. The molecule has 2 aromatic carbocycles. The molecule has 0 spiro atoms. The summed E-state index contributed by atoms with van der Waals surface area (Å²) in [6, 6.07) is 10.8. The van der Waals surface area contributed by atoms with Crippen LogP contribution in [0.1, 0.15) is 45.9 Å². The molecule has 1 aliphatic carbocycles. The predicted molar refractivity (Wildman–Crippen MR) is 161 cm³/mol. The summed E-state index contributed by atoms with van der Waals surface area (Å²) in [5.41, 5.74) is 0.738. The summed E-state index contributed by atoms with van der Waals surface area (Å²) in [5.74, 6) is -1.00. The minimum absolute atomic E-state index is 0.0254. The Kier molecular flexibility index (Phi) is 9.23. The van der Waals surface area contributed by atoms with Gasteiger partial charge in [0.15, 0.2) is 0 Å². The average Bonchev–Trinajstić information content (AvgIpc) is 3.34. The van der Waals surface area contributed by atoms with E-state index in [-0.39, 0.29) is 30.0 Å². The first kappa shape index (κ1) is 32.4. The fourth-order valence-electron chi connectivity index (χ4n) is 5.62. The van der Waals surface area contributed by atoms with E-state index in [9.17, 15) is 26.4 Å². The third-order valence-corrected chi connectivity index (χ3v) is 9.42. The maximum Gasteiger partial charge on any atom is 0.423 e. The Bertz CT molecular complexity index is 1660. The number of hydrogen-bond acceptors (Lipinski definition) is 9. The standard InChI is InChI=1S/C30H35F3N6O5S/c1-38-13-11-20(12-14-38)35-27(40)19-9-10-24(43-3)23(15-19)36-29-34-17-22(30(31,32)33)28(37-29)44-25-16-18-7-5-6-8-21(18)26(25)39(2)45(4,41)42/h5-10,15,17,20,25-26H,11-14,16H2,1-4H3,(H,35,40)(H,34,36,37)/t25-,26+/m1/s1. The van der Waals surface area contributed by atoms with E-state index in [2.05, 4.69) is 25.5 Å². The number of piperidine rings is 1. The summed E-state index contributed by atoms with van der Waals surface area (Å²) in [6.07, 6.45) is -2.45. The van der Waals surface area contributed by atoms with Gasteiger partial charge in [-0.3, -0.25) is 4.79 Å². The first-order valence-corrected chi connectivity index (χ1v) is 16.2. The molecule has 0 saturated carbocycles. The number of benzene rings is 2. The Balaban J connectivity index is 1.44. The van der Waals surface area contributed by atoms with E-state index >= 15 is 0 Å². The van der Waals surface area contributed by atoms with Gasteiger partial charge in [0.05, 0.1) is 25.1 Å². The van der Waals surface area contributed by atoms with Gasteiger partial charge < -0.3 is 25.0 Å². The van der Waals surface area contributed by atoms with Gasteiger partial charge >= 0.3 is 6.18 Å². The number of nitrogens with zero attached hydrogens (tertiary/aromatic N) is 4. The number of hydrogen-bond donors (Lipinski definition) is 2. The first-order chi connectivity index (χ1) is 21.2. The van der Waals surface area contributed by atoms with Crippen LogP contribution in [0.3, 0.4) is 0 Å². The maximum absolute atomic E-state index is 14.1. The Hall–Kier alpha value is -3.95. The Morgan fingerprint density at radius 1 is 1.13 bits per heavy atom.